The van der Waals surface area contributed by atoms with Gasteiger partial charge in [0, 0.05) is 64.3 Å². The van der Waals surface area contributed by atoms with Gasteiger partial charge in [-0.25, -0.2) is 15.0 Å². The molecule has 1 spiro atoms. The van der Waals surface area contributed by atoms with Gasteiger partial charge in [-0.1, -0.05) is 41.4 Å². The number of nitrogens with zero attached hydrogens (tertiary/aromatic N) is 6. The minimum absolute atomic E-state index is 0.100. The van der Waals surface area contributed by atoms with Crippen LogP contribution in [-0.2, 0) is 6.42 Å². The van der Waals surface area contributed by atoms with E-state index in [0.717, 1.165) is 54.5 Å². The first-order valence-electron chi connectivity index (χ1n) is 14.9. The number of hydrogen-bond donors (Lipinski definition) is 2. The summed E-state index contributed by atoms with van der Waals surface area (Å²) in [7, 11) is 0. The largest absolute Gasteiger partial charge is 0.372 e. The lowest BCUT2D eigenvalue weighted by atomic mass is 9.73. The highest BCUT2D eigenvalue weighted by Gasteiger charge is 2.49. The normalized spacial score (nSPS) is 19.9. The summed E-state index contributed by atoms with van der Waals surface area (Å²) in [4.78, 5) is 22.5. The van der Waals surface area contributed by atoms with E-state index in [2.05, 4.69) is 52.8 Å². The maximum absolute atomic E-state index is 7.52. The predicted molar refractivity (Wildman–Crippen MR) is 166 cm³/mol. The van der Waals surface area contributed by atoms with E-state index in [4.69, 9.17) is 30.7 Å². The fourth-order valence-corrected chi connectivity index (χ4v) is 7.86. The molecule has 0 amide bonds. The third-order valence-corrected chi connectivity index (χ3v) is 10.4. The topological polar surface area (TPSA) is 83.3 Å². The zero-order valence-corrected chi connectivity index (χ0v) is 25.4. The van der Waals surface area contributed by atoms with Gasteiger partial charge in [-0.15, -0.1) is 0 Å². The molecule has 1 saturated heterocycles. The lowest BCUT2D eigenvalue weighted by Crippen LogP contribution is -2.46. The number of nitrogens with one attached hydrogen (secondary N) is 2. The van der Waals surface area contributed by atoms with Gasteiger partial charge in [-0.3, -0.25) is 14.1 Å². The maximum atomic E-state index is 7.52. The molecule has 210 valence electrons. The van der Waals surface area contributed by atoms with Crippen molar-refractivity contribution in [2.24, 2.45) is 5.41 Å². The van der Waals surface area contributed by atoms with E-state index >= 15 is 0 Å². The third-order valence-electron chi connectivity index (χ3n) is 7.73. The molecule has 40 heavy (non-hydrogen) atoms. The van der Waals surface area contributed by atoms with Crippen LogP contribution in [0.4, 0.5) is 11.8 Å². The van der Waals surface area contributed by atoms with Crippen molar-refractivity contribution in [2.45, 2.75) is 67.5 Å². The molecule has 11 heteroatoms. The number of hydrogen-bond acceptors (Lipinski definition) is 9. The molecule has 0 aromatic carbocycles. The van der Waals surface area contributed by atoms with Crippen LogP contribution in [0.1, 0.15) is 60.7 Å². The molecule has 0 bridgehead atoms. The standard InChI is InChI=1S/C29H35ClN8S2/c1-18-23(39-21-8-12-33-25(31-5)22(21)30)26-34-13-16-38(26)27(35-18)37-14-9-29(10-15-37)17-20-19(7-6-11-32-20)24(29)36-40-28(2,3)4/h6-8,11-13,16,24,36H,9-10,14-15,17H2,1-5H3,(H,31,33)/t24-/m1/s1/i5D3. The SMILES string of the molecule is [2H]C([2H])([2H])Nc1nccc(Sc2c(C)nc(N3CCC4(CC3)Cc3ncccc3[C@H]4NSC(C)(C)C)n3ccnc23)c1Cl. The Morgan fingerprint density at radius 1 is 1.12 bits per heavy atom. The van der Waals surface area contributed by atoms with Crippen LogP contribution in [0.25, 0.3) is 5.65 Å². The third kappa shape index (κ3) is 5.04. The predicted octanol–water partition coefficient (Wildman–Crippen LogP) is 6.59. The smallest absolute Gasteiger partial charge is 0.211 e. The minimum atomic E-state index is -2.40. The summed E-state index contributed by atoms with van der Waals surface area (Å²) in [5.41, 5.74) is 4.25. The average molecular weight is 598 g/mol. The lowest BCUT2D eigenvalue weighted by molar-refractivity contribution is 0.177. The van der Waals surface area contributed by atoms with E-state index in [1.807, 2.05) is 35.7 Å². The average Bonchev–Trinajstić information content (AvgIpc) is 3.53. The number of halogens is 1. The zero-order valence-electron chi connectivity index (χ0n) is 26.0. The van der Waals surface area contributed by atoms with Crippen molar-refractivity contribution in [3.8, 4) is 0 Å². The summed E-state index contributed by atoms with van der Waals surface area (Å²) < 4.78 is 28.6. The van der Waals surface area contributed by atoms with Crippen molar-refractivity contribution in [3.63, 3.8) is 0 Å². The molecule has 0 saturated carbocycles. The van der Waals surface area contributed by atoms with Crippen molar-refractivity contribution in [1.82, 2.24) is 29.1 Å². The maximum Gasteiger partial charge on any atom is 0.211 e. The summed E-state index contributed by atoms with van der Waals surface area (Å²) in [6.45, 7) is 8.04. The molecular weight excluding hydrogens is 560 g/mol. The van der Waals surface area contributed by atoms with Crippen LogP contribution in [0.2, 0.25) is 5.02 Å². The Hall–Kier alpha value is -2.53. The van der Waals surface area contributed by atoms with E-state index in [1.165, 1.54) is 23.0 Å². The van der Waals surface area contributed by atoms with Gasteiger partial charge in [0.05, 0.1) is 21.7 Å². The van der Waals surface area contributed by atoms with E-state index in [9.17, 15) is 0 Å². The Morgan fingerprint density at radius 3 is 2.73 bits per heavy atom. The number of anilines is 2. The number of aromatic nitrogens is 5. The Morgan fingerprint density at radius 2 is 1.95 bits per heavy atom. The molecule has 1 fully saturated rings. The highest BCUT2D eigenvalue weighted by molar-refractivity contribution is 7.99. The number of fused-ring (bicyclic) bond motifs is 2. The first kappa shape index (κ1) is 24.1. The Labute approximate surface area is 253 Å². The second-order valence-corrected chi connectivity index (χ2v) is 14.6. The van der Waals surface area contributed by atoms with Crippen LogP contribution in [0.3, 0.4) is 0 Å². The van der Waals surface area contributed by atoms with E-state index in [0.29, 0.717) is 4.90 Å². The van der Waals surface area contributed by atoms with Gasteiger partial charge in [0.1, 0.15) is 5.82 Å². The fraction of sp³-hybridized carbons (Fsp3) is 0.448. The van der Waals surface area contributed by atoms with Crippen molar-refractivity contribution in [3.05, 3.63) is 65.0 Å². The van der Waals surface area contributed by atoms with Gasteiger partial charge in [0.2, 0.25) is 5.95 Å². The quantitative estimate of drug-likeness (QED) is 0.239. The first-order valence-corrected chi connectivity index (χ1v) is 15.4. The summed E-state index contributed by atoms with van der Waals surface area (Å²) in [5, 5.41) is 2.66. The molecule has 5 heterocycles. The minimum Gasteiger partial charge on any atom is -0.372 e. The van der Waals surface area contributed by atoms with Crippen LogP contribution in [-0.4, -0.2) is 49.1 Å². The van der Waals surface area contributed by atoms with E-state index < -0.39 is 6.98 Å². The Balaban J connectivity index is 1.25. The molecule has 1 aliphatic carbocycles. The molecule has 4 aromatic rings. The highest BCUT2D eigenvalue weighted by Crippen LogP contribution is 2.53. The zero-order chi connectivity index (χ0) is 30.6. The van der Waals surface area contributed by atoms with Gasteiger partial charge in [-0.2, -0.15) is 0 Å². The fourth-order valence-electron chi connectivity index (χ4n) is 5.76. The molecule has 6 rings (SSSR count). The van der Waals surface area contributed by atoms with Gasteiger partial charge >= 0.3 is 0 Å². The van der Waals surface area contributed by atoms with Crippen molar-refractivity contribution < 1.29 is 4.11 Å². The Bertz CT molecular complexity index is 1650. The van der Waals surface area contributed by atoms with Crippen molar-refractivity contribution in [1.29, 1.82) is 0 Å². The van der Waals surface area contributed by atoms with E-state index in [-0.39, 0.29) is 27.0 Å². The molecule has 8 nitrogen and oxygen atoms in total. The monoisotopic (exact) mass is 597 g/mol. The molecule has 1 atom stereocenters. The summed E-state index contributed by atoms with van der Waals surface area (Å²) in [5.74, 6) is 0.991. The van der Waals surface area contributed by atoms with Crippen molar-refractivity contribution >= 4 is 52.7 Å². The molecule has 2 N–H and O–H groups in total. The van der Waals surface area contributed by atoms with Crippen LogP contribution in [0.5, 0.6) is 0 Å². The molecular formula is C29H35ClN8S2. The number of aryl methyl sites for hydroxylation is 1. The number of piperidine rings is 1. The summed E-state index contributed by atoms with van der Waals surface area (Å²) in [6, 6.07) is 6.30. The second-order valence-electron chi connectivity index (χ2n) is 11.5. The van der Waals surface area contributed by atoms with Crippen LogP contribution in [0, 0.1) is 12.3 Å². The second kappa shape index (κ2) is 10.7. The molecule has 1 aliphatic heterocycles. The van der Waals surface area contributed by atoms with Crippen LogP contribution >= 0.6 is 35.3 Å². The molecule has 0 radical (unpaired) electrons. The summed E-state index contributed by atoms with van der Waals surface area (Å²) >= 11 is 9.80. The molecule has 2 aliphatic rings. The van der Waals surface area contributed by atoms with Crippen molar-refractivity contribution in [2.75, 3.05) is 30.3 Å². The summed E-state index contributed by atoms with van der Waals surface area (Å²) in [6.07, 6.45) is 10.2. The molecule has 4 aromatic heterocycles. The van der Waals surface area contributed by atoms with Crippen LogP contribution in [0.15, 0.2) is 52.8 Å². The highest BCUT2D eigenvalue weighted by atomic mass is 35.5. The van der Waals surface area contributed by atoms with Gasteiger partial charge < -0.3 is 10.2 Å². The van der Waals surface area contributed by atoms with E-state index in [1.54, 1.807) is 18.5 Å². The lowest BCUT2D eigenvalue weighted by Gasteiger charge is -2.44. The van der Waals surface area contributed by atoms with Gasteiger partial charge in [0.25, 0.3) is 0 Å². The number of pyridine rings is 2. The first-order chi connectivity index (χ1) is 20.3. The van der Waals surface area contributed by atoms with Gasteiger partial charge in [-0.05, 0) is 70.1 Å². The number of imidazole rings is 1. The van der Waals surface area contributed by atoms with Crippen LogP contribution < -0.4 is 14.9 Å². The Kier molecular flexibility index (Phi) is 6.45. The van der Waals surface area contributed by atoms with Gasteiger partial charge in [0.15, 0.2) is 5.65 Å². The number of rotatable bonds is 6. The molecule has 0 unspecified atom stereocenters.